The number of amides is 1. The topological polar surface area (TPSA) is 87.1 Å². The van der Waals surface area contributed by atoms with Crippen molar-refractivity contribution in [2.24, 2.45) is 4.99 Å². The summed E-state index contributed by atoms with van der Waals surface area (Å²) in [5, 5.41) is 14.2. The van der Waals surface area contributed by atoms with E-state index in [1.54, 1.807) is 11.2 Å². The summed E-state index contributed by atoms with van der Waals surface area (Å²) in [6, 6.07) is 16.3. The molecule has 1 N–H and O–H groups in total. The maximum Gasteiger partial charge on any atom is 0.255 e. The van der Waals surface area contributed by atoms with Crippen LogP contribution in [0.25, 0.3) is 22.5 Å². The molecule has 1 saturated carbocycles. The highest BCUT2D eigenvalue weighted by atomic mass is 16.2. The van der Waals surface area contributed by atoms with Crippen molar-refractivity contribution >= 4 is 12.2 Å². The lowest BCUT2D eigenvalue weighted by molar-refractivity contribution is -0.131. The van der Waals surface area contributed by atoms with Gasteiger partial charge in [-0.3, -0.25) is 14.7 Å². The number of aliphatic imine (C=N–C) groups is 1. The van der Waals surface area contributed by atoms with Crippen molar-refractivity contribution in [3.8, 4) is 22.5 Å². The second kappa shape index (κ2) is 6.67. The molecule has 2 heterocycles. The predicted octanol–water partition coefficient (Wildman–Crippen LogP) is 3.22. The monoisotopic (exact) mass is 372 g/mol. The van der Waals surface area contributed by atoms with Crippen LogP contribution in [0.15, 0.2) is 53.5 Å². The van der Waals surface area contributed by atoms with Gasteiger partial charge in [0.15, 0.2) is 5.82 Å². The number of hydrogen-bond donors (Lipinski definition) is 1. The molecule has 1 amide bonds. The highest BCUT2D eigenvalue weighted by molar-refractivity contribution is 6.00. The lowest BCUT2D eigenvalue weighted by Gasteiger charge is -2.21. The average molecular weight is 372 g/mol. The van der Waals surface area contributed by atoms with Crippen LogP contribution >= 0.6 is 0 Å². The largest absolute Gasteiger partial charge is 0.297 e. The first-order valence-electron chi connectivity index (χ1n) is 9.54. The number of nitrogens with one attached hydrogen (secondary N) is 1. The molecule has 1 fully saturated rings. The van der Waals surface area contributed by atoms with Crippen molar-refractivity contribution in [2.75, 3.05) is 0 Å². The van der Waals surface area contributed by atoms with Crippen LogP contribution in [0.1, 0.15) is 31.2 Å². The zero-order valence-electron chi connectivity index (χ0n) is 15.4. The minimum Gasteiger partial charge on any atom is -0.297 e. The van der Waals surface area contributed by atoms with Crippen LogP contribution in [0.4, 0.5) is 0 Å². The van der Waals surface area contributed by atoms with Gasteiger partial charge in [-0.1, -0.05) is 61.4 Å². The van der Waals surface area contributed by atoms with Crippen LogP contribution in [-0.2, 0) is 11.3 Å². The predicted molar refractivity (Wildman–Crippen MR) is 105 cm³/mol. The fourth-order valence-electron chi connectivity index (χ4n) is 4.17. The summed E-state index contributed by atoms with van der Waals surface area (Å²) < 4.78 is 0. The molecule has 28 heavy (non-hydrogen) atoms. The van der Waals surface area contributed by atoms with Crippen LogP contribution in [0.3, 0.4) is 0 Å². The summed E-state index contributed by atoms with van der Waals surface area (Å²) in [6.07, 6.45) is 5.67. The molecule has 2 aliphatic rings. The highest BCUT2D eigenvalue weighted by Crippen LogP contribution is 2.38. The fourth-order valence-corrected chi connectivity index (χ4v) is 4.17. The van der Waals surface area contributed by atoms with Gasteiger partial charge in [-0.05, 0) is 40.0 Å². The zero-order valence-corrected chi connectivity index (χ0v) is 15.4. The molecule has 7 heteroatoms. The Labute approximate surface area is 162 Å². The Morgan fingerprint density at radius 3 is 2.46 bits per heavy atom. The second-order valence-electron chi connectivity index (χ2n) is 7.41. The zero-order chi connectivity index (χ0) is 19.0. The van der Waals surface area contributed by atoms with Gasteiger partial charge in [0.2, 0.25) is 0 Å². The van der Waals surface area contributed by atoms with E-state index in [9.17, 15) is 4.79 Å². The lowest BCUT2D eigenvalue weighted by atomic mass is 9.97. The van der Waals surface area contributed by atoms with Gasteiger partial charge >= 0.3 is 0 Å². The van der Waals surface area contributed by atoms with E-state index in [4.69, 9.17) is 0 Å². The van der Waals surface area contributed by atoms with Gasteiger partial charge in [-0.15, -0.1) is 5.10 Å². The van der Waals surface area contributed by atoms with E-state index in [0.717, 1.165) is 47.9 Å². The van der Waals surface area contributed by atoms with Gasteiger partial charge in [0.25, 0.3) is 5.91 Å². The van der Waals surface area contributed by atoms with Gasteiger partial charge in [0.05, 0.1) is 12.9 Å². The SMILES string of the molecule is O=C1N(Cc2ccc(-c3ccccc3-c3nnn[nH]3)cc2)C=NC12CCCC2. The number of hydrogen-bond acceptors (Lipinski definition) is 5. The molecule has 1 aliphatic heterocycles. The fraction of sp³-hybridized carbons (Fsp3) is 0.286. The van der Waals surface area contributed by atoms with Gasteiger partial charge in [-0.2, -0.15) is 0 Å². The molecule has 0 radical (unpaired) electrons. The first kappa shape index (κ1) is 16.8. The number of H-pyrrole nitrogens is 1. The quantitative estimate of drug-likeness (QED) is 0.762. The lowest BCUT2D eigenvalue weighted by Crippen LogP contribution is -2.38. The Morgan fingerprint density at radius 2 is 1.75 bits per heavy atom. The Balaban J connectivity index is 1.36. The summed E-state index contributed by atoms with van der Waals surface area (Å²) in [4.78, 5) is 19.1. The van der Waals surface area contributed by atoms with Gasteiger partial charge in [0.1, 0.15) is 5.54 Å². The van der Waals surface area contributed by atoms with Crippen molar-refractivity contribution in [3.05, 3.63) is 54.1 Å². The summed E-state index contributed by atoms with van der Waals surface area (Å²) in [5.41, 5.74) is 3.69. The molecule has 1 aliphatic carbocycles. The Hall–Kier alpha value is -3.35. The maximum absolute atomic E-state index is 12.8. The van der Waals surface area contributed by atoms with Gasteiger partial charge in [0, 0.05) is 5.56 Å². The van der Waals surface area contributed by atoms with Crippen LogP contribution in [0.5, 0.6) is 0 Å². The smallest absolute Gasteiger partial charge is 0.255 e. The number of aromatic nitrogens is 4. The molecule has 7 nitrogen and oxygen atoms in total. The summed E-state index contributed by atoms with van der Waals surface area (Å²) >= 11 is 0. The summed E-state index contributed by atoms with van der Waals surface area (Å²) in [7, 11) is 0. The van der Waals surface area contributed by atoms with E-state index in [1.807, 2.05) is 24.3 Å². The van der Waals surface area contributed by atoms with E-state index < -0.39 is 5.54 Å². The van der Waals surface area contributed by atoms with E-state index in [1.165, 1.54) is 0 Å². The summed E-state index contributed by atoms with van der Waals surface area (Å²) in [6.45, 7) is 0.554. The highest BCUT2D eigenvalue weighted by Gasteiger charge is 2.46. The molecule has 0 bridgehead atoms. The van der Waals surface area contributed by atoms with Gasteiger partial charge < -0.3 is 0 Å². The summed E-state index contributed by atoms with van der Waals surface area (Å²) in [5.74, 6) is 0.789. The Kier molecular flexibility index (Phi) is 4.00. The van der Waals surface area contributed by atoms with Crippen LogP contribution in [-0.4, -0.2) is 43.3 Å². The third kappa shape index (κ3) is 2.79. The molecular weight excluding hydrogens is 352 g/mol. The molecule has 1 spiro atoms. The molecular formula is C21H20N6O. The number of nitrogens with zero attached hydrogens (tertiary/aromatic N) is 5. The average Bonchev–Trinajstić information content (AvgIpc) is 3.49. The van der Waals surface area contributed by atoms with Crippen molar-refractivity contribution in [1.82, 2.24) is 25.5 Å². The van der Waals surface area contributed by atoms with E-state index >= 15 is 0 Å². The standard InChI is InChI=1S/C21H20N6O/c28-20-21(11-3-4-12-21)22-14-27(20)13-15-7-9-16(10-8-15)17-5-1-2-6-18(17)19-23-25-26-24-19/h1-2,5-10,14H,3-4,11-13H2,(H,23,24,25,26). The molecule has 140 valence electrons. The van der Waals surface area contributed by atoms with Gasteiger partial charge in [-0.25, -0.2) is 5.10 Å². The Bertz CT molecular complexity index is 1020. The molecule has 2 aromatic carbocycles. The number of aromatic amines is 1. The molecule has 0 unspecified atom stereocenters. The minimum atomic E-state index is -0.468. The first-order valence-corrected chi connectivity index (χ1v) is 9.54. The van der Waals surface area contributed by atoms with Crippen LogP contribution < -0.4 is 0 Å². The normalized spacial score (nSPS) is 17.7. The number of benzene rings is 2. The third-order valence-corrected chi connectivity index (χ3v) is 5.68. The third-order valence-electron chi connectivity index (χ3n) is 5.68. The van der Waals surface area contributed by atoms with E-state index in [0.29, 0.717) is 12.4 Å². The van der Waals surface area contributed by atoms with Crippen LogP contribution in [0, 0.1) is 0 Å². The minimum absolute atomic E-state index is 0.150. The number of tetrazole rings is 1. The maximum atomic E-state index is 12.8. The van der Waals surface area contributed by atoms with Crippen molar-refractivity contribution in [1.29, 1.82) is 0 Å². The molecule has 1 aromatic heterocycles. The Morgan fingerprint density at radius 1 is 1.00 bits per heavy atom. The molecule has 5 rings (SSSR count). The van der Waals surface area contributed by atoms with Crippen molar-refractivity contribution in [3.63, 3.8) is 0 Å². The first-order chi connectivity index (χ1) is 13.8. The van der Waals surface area contributed by atoms with Crippen molar-refractivity contribution < 1.29 is 4.79 Å². The molecule has 0 atom stereocenters. The molecule has 3 aromatic rings. The number of carbonyl (C=O) groups excluding carboxylic acids is 1. The second-order valence-corrected chi connectivity index (χ2v) is 7.41. The van der Waals surface area contributed by atoms with E-state index in [2.05, 4.69) is 49.9 Å². The van der Waals surface area contributed by atoms with E-state index in [-0.39, 0.29) is 5.91 Å². The van der Waals surface area contributed by atoms with Crippen molar-refractivity contribution in [2.45, 2.75) is 37.8 Å². The number of rotatable bonds is 4. The van der Waals surface area contributed by atoms with Crippen LogP contribution in [0.2, 0.25) is 0 Å². The molecule has 0 saturated heterocycles. The number of carbonyl (C=O) groups is 1.